The molecular weight excluding hydrogens is 284 g/mol. The number of rotatable bonds is 3. The molecule has 0 aliphatic carbocycles. The number of hydrogen-bond acceptors (Lipinski definition) is 2. The Bertz CT molecular complexity index is 700. The minimum Gasteiger partial charge on any atom is -0.292 e. The molecule has 0 bridgehead atoms. The maximum atomic E-state index is 12.9. The lowest BCUT2D eigenvalue weighted by molar-refractivity contribution is 0.250. The molecule has 1 aromatic heterocycles. The second-order valence-corrected chi connectivity index (χ2v) is 7.11. The molecule has 2 atom stereocenters. The van der Waals surface area contributed by atoms with Gasteiger partial charge < -0.3 is 0 Å². The Balaban J connectivity index is 2.82. The highest BCUT2D eigenvalue weighted by Gasteiger charge is 2.27. The fourth-order valence-electron chi connectivity index (χ4n) is 2.33. The van der Waals surface area contributed by atoms with Crippen LogP contribution >= 0.6 is 11.6 Å². The Morgan fingerprint density at radius 1 is 1.29 bits per heavy atom. The van der Waals surface area contributed by atoms with Crippen molar-refractivity contribution in [2.24, 2.45) is 5.41 Å². The average Bonchev–Trinajstić information content (AvgIpc) is 2.44. The molecule has 0 spiro atoms. The van der Waals surface area contributed by atoms with Crippen LogP contribution in [0.4, 0.5) is 0 Å². The minimum atomic E-state index is -0.257. The summed E-state index contributed by atoms with van der Waals surface area (Å²) in [5.41, 5.74) is 0.665. The van der Waals surface area contributed by atoms with E-state index in [9.17, 15) is 4.79 Å². The van der Waals surface area contributed by atoms with E-state index in [0.29, 0.717) is 16.7 Å². The van der Waals surface area contributed by atoms with E-state index < -0.39 is 0 Å². The maximum absolute atomic E-state index is 12.9. The SMILES string of the molecule is CCC(Cl)c1nc2ccccc2c(=O)n1C(C)C(C)(C)C. The predicted octanol–water partition coefficient (Wildman–Crippen LogP) is 4.69. The van der Waals surface area contributed by atoms with Crippen LogP contribution in [0, 0.1) is 5.41 Å². The summed E-state index contributed by atoms with van der Waals surface area (Å²) in [4.78, 5) is 17.6. The first-order valence-electron chi connectivity index (χ1n) is 7.42. The second-order valence-electron chi connectivity index (χ2n) is 6.58. The van der Waals surface area contributed by atoms with Gasteiger partial charge in [-0.1, -0.05) is 39.8 Å². The molecule has 0 N–H and O–H groups in total. The summed E-state index contributed by atoms with van der Waals surface area (Å²) in [6.45, 7) is 10.4. The van der Waals surface area contributed by atoms with Gasteiger partial charge in [0.25, 0.3) is 5.56 Å². The van der Waals surface area contributed by atoms with Gasteiger partial charge in [-0.05, 0) is 30.9 Å². The topological polar surface area (TPSA) is 34.9 Å². The van der Waals surface area contributed by atoms with Gasteiger partial charge in [-0.3, -0.25) is 9.36 Å². The highest BCUT2D eigenvalue weighted by molar-refractivity contribution is 6.20. The summed E-state index contributed by atoms with van der Waals surface area (Å²) in [6, 6.07) is 7.48. The van der Waals surface area contributed by atoms with Crippen LogP contribution in [0.15, 0.2) is 29.1 Å². The van der Waals surface area contributed by atoms with Crippen LogP contribution < -0.4 is 5.56 Å². The van der Waals surface area contributed by atoms with Crippen LogP contribution in [0.1, 0.15) is 58.3 Å². The molecule has 0 fully saturated rings. The van der Waals surface area contributed by atoms with Gasteiger partial charge in [-0.2, -0.15) is 0 Å². The summed E-state index contributed by atoms with van der Waals surface area (Å²) < 4.78 is 1.78. The van der Waals surface area contributed by atoms with Crippen molar-refractivity contribution in [2.45, 2.75) is 52.5 Å². The lowest BCUT2D eigenvalue weighted by Crippen LogP contribution is -2.34. The highest BCUT2D eigenvalue weighted by Crippen LogP contribution is 2.33. The van der Waals surface area contributed by atoms with Crippen LogP contribution in [-0.4, -0.2) is 9.55 Å². The van der Waals surface area contributed by atoms with Gasteiger partial charge in [0.05, 0.1) is 16.3 Å². The summed E-state index contributed by atoms with van der Waals surface area (Å²) >= 11 is 6.44. The Labute approximate surface area is 131 Å². The van der Waals surface area contributed by atoms with Gasteiger partial charge in [0.1, 0.15) is 5.82 Å². The molecule has 3 nitrogen and oxygen atoms in total. The standard InChI is InChI=1S/C17H23ClN2O/c1-6-13(18)15-19-14-10-8-7-9-12(14)16(21)20(15)11(2)17(3,4)5/h7-11,13H,6H2,1-5H3. The molecule has 0 saturated heterocycles. The number of fused-ring (bicyclic) bond motifs is 1. The molecule has 2 aromatic rings. The van der Waals surface area contributed by atoms with E-state index in [2.05, 4.69) is 32.7 Å². The third-order valence-electron chi connectivity index (χ3n) is 4.11. The van der Waals surface area contributed by atoms with E-state index in [-0.39, 0.29) is 22.4 Å². The quantitative estimate of drug-likeness (QED) is 0.771. The zero-order valence-corrected chi connectivity index (χ0v) is 14.1. The summed E-state index contributed by atoms with van der Waals surface area (Å²) in [7, 11) is 0. The van der Waals surface area contributed by atoms with Crippen molar-refractivity contribution < 1.29 is 0 Å². The van der Waals surface area contributed by atoms with E-state index in [1.165, 1.54) is 0 Å². The predicted molar refractivity (Wildman–Crippen MR) is 89.1 cm³/mol. The molecule has 1 heterocycles. The zero-order chi connectivity index (χ0) is 15.8. The second kappa shape index (κ2) is 5.80. The monoisotopic (exact) mass is 306 g/mol. The number of nitrogens with zero attached hydrogens (tertiary/aromatic N) is 2. The van der Waals surface area contributed by atoms with Gasteiger partial charge in [-0.25, -0.2) is 4.98 Å². The minimum absolute atomic E-state index is 0.00266. The van der Waals surface area contributed by atoms with Gasteiger partial charge in [0.2, 0.25) is 0 Å². The smallest absolute Gasteiger partial charge is 0.261 e. The summed E-state index contributed by atoms with van der Waals surface area (Å²) in [5, 5.41) is 0.393. The Morgan fingerprint density at radius 2 is 1.90 bits per heavy atom. The summed E-state index contributed by atoms with van der Waals surface area (Å²) in [6.07, 6.45) is 0.739. The number of halogens is 1. The van der Waals surface area contributed by atoms with Crippen LogP contribution in [0.2, 0.25) is 0 Å². The molecule has 0 aliphatic heterocycles. The molecule has 0 saturated carbocycles. The van der Waals surface area contributed by atoms with E-state index in [1.807, 2.05) is 31.2 Å². The molecule has 114 valence electrons. The third-order valence-corrected chi connectivity index (χ3v) is 4.62. The maximum Gasteiger partial charge on any atom is 0.261 e. The number of hydrogen-bond donors (Lipinski definition) is 0. The lowest BCUT2D eigenvalue weighted by Gasteiger charge is -2.31. The van der Waals surface area contributed by atoms with Crippen LogP contribution in [0.25, 0.3) is 10.9 Å². The van der Waals surface area contributed by atoms with E-state index in [4.69, 9.17) is 11.6 Å². The van der Waals surface area contributed by atoms with Crippen molar-refractivity contribution in [2.75, 3.05) is 0 Å². The first-order valence-corrected chi connectivity index (χ1v) is 7.86. The van der Waals surface area contributed by atoms with E-state index >= 15 is 0 Å². The number of para-hydroxylation sites is 1. The Hall–Kier alpha value is -1.35. The highest BCUT2D eigenvalue weighted by atomic mass is 35.5. The van der Waals surface area contributed by atoms with Crippen molar-refractivity contribution >= 4 is 22.5 Å². The fraction of sp³-hybridized carbons (Fsp3) is 0.529. The van der Waals surface area contributed by atoms with E-state index in [0.717, 1.165) is 6.42 Å². The largest absolute Gasteiger partial charge is 0.292 e. The zero-order valence-electron chi connectivity index (χ0n) is 13.4. The number of alkyl halides is 1. The van der Waals surface area contributed by atoms with Gasteiger partial charge in [-0.15, -0.1) is 11.6 Å². The van der Waals surface area contributed by atoms with Crippen molar-refractivity contribution in [3.8, 4) is 0 Å². The Kier molecular flexibility index (Phi) is 4.43. The van der Waals surface area contributed by atoms with Gasteiger partial charge >= 0.3 is 0 Å². The Morgan fingerprint density at radius 3 is 2.48 bits per heavy atom. The van der Waals surface area contributed by atoms with Gasteiger partial charge in [0, 0.05) is 6.04 Å². The van der Waals surface area contributed by atoms with Crippen molar-refractivity contribution in [3.05, 3.63) is 40.4 Å². The molecule has 1 aromatic carbocycles. The first-order chi connectivity index (χ1) is 9.77. The molecule has 21 heavy (non-hydrogen) atoms. The van der Waals surface area contributed by atoms with Crippen LogP contribution in [0.3, 0.4) is 0 Å². The third kappa shape index (κ3) is 2.98. The van der Waals surface area contributed by atoms with Crippen LogP contribution in [0.5, 0.6) is 0 Å². The van der Waals surface area contributed by atoms with Crippen molar-refractivity contribution in [1.29, 1.82) is 0 Å². The molecular formula is C17H23ClN2O. The lowest BCUT2D eigenvalue weighted by atomic mass is 9.87. The fourth-order valence-corrected chi connectivity index (χ4v) is 2.48. The van der Waals surface area contributed by atoms with Crippen molar-refractivity contribution in [3.63, 3.8) is 0 Å². The number of benzene rings is 1. The number of aromatic nitrogens is 2. The molecule has 4 heteroatoms. The van der Waals surface area contributed by atoms with Crippen LogP contribution in [-0.2, 0) is 0 Å². The first kappa shape index (κ1) is 16.0. The molecule has 0 aliphatic rings. The molecule has 0 radical (unpaired) electrons. The van der Waals surface area contributed by atoms with Crippen molar-refractivity contribution in [1.82, 2.24) is 9.55 Å². The molecule has 2 rings (SSSR count). The summed E-state index contributed by atoms with van der Waals surface area (Å²) in [5.74, 6) is 0.672. The normalized spacial score (nSPS) is 15.1. The van der Waals surface area contributed by atoms with E-state index in [1.54, 1.807) is 4.57 Å². The average molecular weight is 307 g/mol. The molecule has 0 amide bonds. The van der Waals surface area contributed by atoms with Gasteiger partial charge in [0.15, 0.2) is 0 Å². The molecule has 2 unspecified atom stereocenters.